The van der Waals surface area contributed by atoms with E-state index in [9.17, 15) is 8.78 Å². The largest absolute Gasteiger partial charge is 0.461 e. The summed E-state index contributed by atoms with van der Waals surface area (Å²) in [6.07, 6.45) is 1.57. The Balaban J connectivity index is 1.52. The van der Waals surface area contributed by atoms with Gasteiger partial charge in [0.1, 0.15) is 11.6 Å². The number of halogens is 2. The van der Waals surface area contributed by atoms with Gasteiger partial charge in [-0.25, -0.2) is 8.78 Å². The number of hydrogen-bond acceptors (Lipinski definition) is 7. The highest BCUT2D eigenvalue weighted by atomic mass is 32.2. The minimum atomic E-state index is -0.620. The predicted octanol–water partition coefficient (Wildman–Crippen LogP) is 4.18. The number of hydrogen-bond donors (Lipinski definition) is 0. The van der Waals surface area contributed by atoms with Gasteiger partial charge in [0.15, 0.2) is 16.7 Å². The van der Waals surface area contributed by atoms with Crippen LogP contribution in [0.1, 0.15) is 12.8 Å². The molecule has 0 bridgehead atoms. The van der Waals surface area contributed by atoms with E-state index in [1.54, 1.807) is 12.3 Å². The van der Waals surface area contributed by atoms with Crippen LogP contribution in [0, 0.1) is 11.6 Å². The SMILES string of the molecule is CCn1c(SCc2nc(-c3cc(F)ccc3F)no2)nnc1-c1ccco1. The molecule has 1 aromatic carbocycles. The quantitative estimate of drug-likeness (QED) is 0.458. The van der Waals surface area contributed by atoms with Crippen LogP contribution in [0.2, 0.25) is 0 Å². The summed E-state index contributed by atoms with van der Waals surface area (Å²) < 4.78 is 39.6. The Morgan fingerprint density at radius 3 is 2.85 bits per heavy atom. The van der Waals surface area contributed by atoms with Crippen molar-refractivity contribution in [3.05, 3.63) is 54.1 Å². The third-order valence-corrected chi connectivity index (χ3v) is 4.69. The standard InChI is InChI=1S/C17H13F2N5O2S/c1-2-24-16(13-4-3-7-25-13)21-22-17(24)27-9-14-20-15(23-26-14)11-8-10(18)5-6-12(11)19/h3-8H,2,9H2,1H3. The summed E-state index contributed by atoms with van der Waals surface area (Å²) in [6.45, 7) is 2.62. The lowest BCUT2D eigenvalue weighted by Gasteiger charge is -2.04. The van der Waals surface area contributed by atoms with Crippen molar-refractivity contribution >= 4 is 11.8 Å². The molecule has 27 heavy (non-hydrogen) atoms. The fourth-order valence-corrected chi connectivity index (χ4v) is 3.33. The zero-order valence-corrected chi connectivity index (χ0v) is 14.9. The van der Waals surface area contributed by atoms with E-state index in [2.05, 4.69) is 20.3 Å². The average molecular weight is 389 g/mol. The smallest absolute Gasteiger partial charge is 0.237 e. The van der Waals surface area contributed by atoms with Gasteiger partial charge in [-0.2, -0.15) is 4.98 Å². The van der Waals surface area contributed by atoms with E-state index in [0.29, 0.717) is 29.0 Å². The van der Waals surface area contributed by atoms with Crippen LogP contribution in [-0.2, 0) is 12.3 Å². The molecule has 10 heteroatoms. The van der Waals surface area contributed by atoms with Crippen molar-refractivity contribution in [1.29, 1.82) is 0 Å². The minimum absolute atomic E-state index is 0.00386. The van der Waals surface area contributed by atoms with Crippen LogP contribution >= 0.6 is 11.8 Å². The van der Waals surface area contributed by atoms with Gasteiger partial charge >= 0.3 is 0 Å². The molecule has 0 unspecified atom stereocenters. The summed E-state index contributed by atoms with van der Waals surface area (Å²) in [5.74, 6) is 0.620. The molecule has 0 fully saturated rings. The molecule has 3 aromatic heterocycles. The molecule has 0 spiro atoms. The maximum atomic E-state index is 13.8. The summed E-state index contributed by atoms with van der Waals surface area (Å²) in [5, 5.41) is 12.7. The molecular weight excluding hydrogens is 376 g/mol. The highest BCUT2D eigenvalue weighted by Crippen LogP contribution is 2.27. The molecule has 138 valence electrons. The van der Waals surface area contributed by atoms with E-state index in [1.165, 1.54) is 11.8 Å². The average Bonchev–Trinajstić information content (AvgIpc) is 3.41. The second-order valence-electron chi connectivity index (χ2n) is 5.45. The lowest BCUT2D eigenvalue weighted by molar-refractivity contribution is 0.391. The van der Waals surface area contributed by atoms with E-state index in [4.69, 9.17) is 8.94 Å². The van der Waals surface area contributed by atoms with Crippen LogP contribution in [0.5, 0.6) is 0 Å². The van der Waals surface area contributed by atoms with Crippen molar-refractivity contribution < 1.29 is 17.7 Å². The van der Waals surface area contributed by atoms with Crippen LogP contribution in [0.25, 0.3) is 23.0 Å². The highest BCUT2D eigenvalue weighted by Gasteiger charge is 2.18. The molecule has 7 nitrogen and oxygen atoms in total. The maximum Gasteiger partial charge on any atom is 0.237 e. The Hall–Kier alpha value is -3.01. The third kappa shape index (κ3) is 3.47. The third-order valence-electron chi connectivity index (χ3n) is 3.74. The lowest BCUT2D eigenvalue weighted by Crippen LogP contribution is -1.99. The fourth-order valence-electron chi connectivity index (χ4n) is 2.49. The van der Waals surface area contributed by atoms with Gasteiger partial charge in [-0.05, 0) is 37.3 Å². The second-order valence-corrected chi connectivity index (χ2v) is 6.39. The van der Waals surface area contributed by atoms with E-state index < -0.39 is 11.6 Å². The number of benzene rings is 1. The number of rotatable bonds is 6. The highest BCUT2D eigenvalue weighted by molar-refractivity contribution is 7.98. The first kappa shape index (κ1) is 17.4. The molecule has 4 aromatic rings. The van der Waals surface area contributed by atoms with Gasteiger partial charge in [0.05, 0.1) is 17.6 Å². The van der Waals surface area contributed by atoms with Gasteiger partial charge in [0, 0.05) is 6.54 Å². The zero-order chi connectivity index (χ0) is 18.8. The number of thioether (sulfide) groups is 1. The van der Waals surface area contributed by atoms with Gasteiger partial charge in [0.25, 0.3) is 0 Å². The van der Waals surface area contributed by atoms with Crippen LogP contribution in [0.3, 0.4) is 0 Å². The first-order chi connectivity index (χ1) is 13.2. The Kier molecular flexibility index (Phi) is 4.71. The van der Waals surface area contributed by atoms with Gasteiger partial charge < -0.3 is 8.94 Å². The van der Waals surface area contributed by atoms with E-state index in [1.807, 2.05) is 17.6 Å². The van der Waals surface area contributed by atoms with Crippen LogP contribution < -0.4 is 0 Å². The van der Waals surface area contributed by atoms with Gasteiger partial charge in [-0.1, -0.05) is 16.9 Å². The monoisotopic (exact) mass is 389 g/mol. The van der Waals surface area contributed by atoms with E-state index in [-0.39, 0.29) is 17.3 Å². The molecule has 4 rings (SSSR count). The summed E-state index contributed by atoms with van der Waals surface area (Å²) in [5.41, 5.74) is -0.0492. The normalized spacial score (nSPS) is 11.2. The zero-order valence-electron chi connectivity index (χ0n) is 14.1. The van der Waals surface area contributed by atoms with Crippen LogP contribution in [-0.4, -0.2) is 24.9 Å². The van der Waals surface area contributed by atoms with Crippen molar-refractivity contribution in [1.82, 2.24) is 24.9 Å². The molecule has 0 aliphatic carbocycles. The maximum absolute atomic E-state index is 13.8. The molecule has 0 saturated carbocycles. The summed E-state index contributed by atoms with van der Waals surface area (Å²) in [6, 6.07) is 6.67. The molecule has 0 N–H and O–H groups in total. The Labute approximate surface area is 156 Å². The second kappa shape index (κ2) is 7.31. The van der Waals surface area contributed by atoms with Crippen molar-refractivity contribution in [3.8, 4) is 23.0 Å². The van der Waals surface area contributed by atoms with Crippen molar-refractivity contribution in [2.24, 2.45) is 0 Å². The first-order valence-electron chi connectivity index (χ1n) is 8.03. The molecule has 0 aliphatic rings. The summed E-state index contributed by atoms with van der Waals surface area (Å²) >= 11 is 1.34. The van der Waals surface area contributed by atoms with Crippen LogP contribution in [0.15, 0.2) is 50.7 Å². The Morgan fingerprint density at radius 1 is 1.19 bits per heavy atom. The van der Waals surface area contributed by atoms with Crippen molar-refractivity contribution in [2.75, 3.05) is 0 Å². The molecule has 0 atom stereocenters. The Bertz CT molecular complexity index is 1060. The molecule has 0 radical (unpaired) electrons. The van der Waals surface area contributed by atoms with Crippen molar-refractivity contribution in [3.63, 3.8) is 0 Å². The number of aromatic nitrogens is 5. The first-order valence-corrected chi connectivity index (χ1v) is 9.02. The number of nitrogens with zero attached hydrogens (tertiary/aromatic N) is 5. The van der Waals surface area contributed by atoms with E-state index in [0.717, 1.165) is 18.2 Å². The summed E-state index contributed by atoms with van der Waals surface area (Å²) in [7, 11) is 0. The summed E-state index contributed by atoms with van der Waals surface area (Å²) in [4.78, 5) is 4.13. The van der Waals surface area contributed by atoms with Gasteiger partial charge in [-0.15, -0.1) is 10.2 Å². The number of furan rings is 1. The van der Waals surface area contributed by atoms with E-state index >= 15 is 0 Å². The van der Waals surface area contributed by atoms with Gasteiger partial charge in [-0.3, -0.25) is 4.57 Å². The minimum Gasteiger partial charge on any atom is -0.461 e. The molecule has 3 heterocycles. The topological polar surface area (TPSA) is 82.8 Å². The van der Waals surface area contributed by atoms with Gasteiger partial charge in [0.2, 0.25) is 11.7 Å². The molecule has 0 amide bonds. The Morgan fingerprint density at radius 2 is 2.07 bits per heavy atom. The molecular formula is C17H13F2N5O2S. The molecule has 0 aliphatic heterocycles. The fraction of sp³-hybridized carbons (Fsp3) is 0.176. The predicted molar refractivity (Wildman–Crippen MR) is 92.6 cm³/mol. The van der Waals surface area contributed by atoms with Crippen LogP contribution in [0.4, 0.5) is 8.78 Å². The lowest BCUT2D eigenvalue weighted by atomic mass is 10.2. The van der Waals surface area contributed by atoms with Crippen molar-refractivity contribution in [2.45, 2.75) is 24.4 Å². The molecule has 0 saturated heterocycles.